The van der Waals surface area contributed by atoms with Gasteiger partial charge in [0.2, 0.25) is 5.91 Å². The van der Waals surface area contributed by atoms with Gasteiger partial charge < -0.3 is 5.32 Å². The second-order valence-electron chi connectivity index (χ2n) is 6.33. The smallest absolute Gasteiger partial charge is 0.226 e. The molecule has 1 N–H and O–H groups in total. The minimum Gasteiger partial charge on any atom is -0.310 e. The van der Waals surface area contributed by atoms with E-state index in [4.69, 9.17) is 0 Å². The average molecular weight is 365 g/mol. The number of nitrogens with one attached hydrogen (secondary N) is 1. The summed E-state index contributed by atoms with van der Waals surface area (Å²) in [6.07, 6.45) is 0.424. The van der Waals surface area contributed by atoms with Crippen LogP contribution in [0.4, 0.5) is 5.82 Å². The summed E-state index contributed by atoms with van der Waals surface area (Å²) in [5, 5.41) is 24.4. The van der Waals surface area contributed by atoms with E-state index in [0.29, 0.717) is 29.5 Å². The predicted octanol–water partition coefficient (Wildman–Crippen LogP) is 2.46. The Kier molecular flexibility index (Phi) is 3.20. The lowest BCUT2D eigenvalue weighted by atomic mass is 9.87. The molecule has 0 fully saturated rings. The van der Waals surface area contributed by atoms with Crippen molar-refractivity contribution in [3.63, 3.8) is 0 Å². The van der Waals surface area contributed by atoms with E-state index < -0.39 is 0 Å². The number of nitrogens with zero attached hydrogens (tertiary/aromatic N) is 6. The van der Waals surface area contributed by atoms with Crippen LogP contribution in [0.15, 0.2) is 29.0 Å². The van der Waals surface area contributed by atoms with Gasteiger partial charge in [-0.3, -0.25) is 4.79 Å². The van der Waals surface area contributed by atoms with Gasteiger partial charge in [0.1, 0.15) is 5.82 Å². The Hall–Kier alpha value is -3.07. The zero-order chi connectivity index (χ0) is 17.8. The summed E-state index contributed by atoms with van der Waals surface area (Å²) < 4.78 is 3.36. The first kappa shape index (κ1) is 15.2. The molecular formula is C17H15N7OS. The van der Waals surface area contributed by atoms with Crippen LogP contribution in [-0.2, 0) is 4.79 Å². The lowest BCUT2D eigenvalue weighted by Crippen LogP contribution is -2.25. The second kappa shape index (κ2) is 5.46. The minimum absolute atomic E-state index is 0.0131. The first-order valence-corrected chi connectivity index (χ1v) is 9.17. The van der Waals surface area contributed by atoms with E-state index in [9.17, 15) is 4.79 Å². The molecule has 5 heterocycles. The Morgan fingerprint density at radius 3 is 2.88 bits per heavy atom. The van der Waals surface area contributed by atoms with Crippen LogP contribution in [0, 0.1) is 13.8 Å². The number of hydrogen-bond donors (Lipinski definition) is 1. The molecule has 0 saturated carbocycles. The SMILES string of the molecule is Cc1nn(-c2ccc3nnc(C)n3n2)c2c1[C@@H](c1ccsc1)CC(=O)N2. The fourth-order valence-electron chi connectivity index (χ4n) is 3.47. The normalized spacial score (nSPS) is 16.7. The van der Waals surface area contributed by atoms with Crippen molar-refractivity contribution in [2.24, 2.45) is 0 Å². The summed E-state index contributed by atoms with van der Waals surface area (Å²) in [5.74, 6) is 1.99. The number of hydrogen-bond acceptors (Lipinski definition) is 6. The topological polar surface area (TPSA) is 90.0 Å². The molecule has 0 bridgehead atoms. The molecule has 4 aromatic heterocycles. The Balaban J connectivity index is 1.70. The van der Waals surface area contributed by atoms with Gasteiger partial charge in [0.25, 0.3) is 0 Å². The largest absolute Gasteiger partial charge is 0.310 e. The lowest BCUT2D eigenvalue weighted by molar-refractivity contribution is -0.116. The molecule has 4 aromatic rings. The van der Waals surface area contributed by atoms with Crippen molar-refractivity contribution in [3.8, 4) is 5.82 Å². The first-order valence-electron chi connectivity index (χ1n) is 8.22. The molecule has 0 aromatic carbocycles. The number of aryl methyl sites for hydroxylation is 2. The van der Waals surface area contributed by atoms with Gasteiger partial charge in [-0.25, -0.2) is 0 Å². The molecule has 1 aliphatic rings. The molecule has 8 nitrogen and oxygen atoms in total. The van der Waals surface area contributed by atoms with Crippen molar-refractivity contribution in [3.05, 3.63) is 51.6 Å². The molecule has 1 atom stereocenters. The summed E-state index contributed by atoms with van der Waals surface area (Å²) in [6.45, 7) is 3.81. The van der Waals surface area contributed by atoms with Crippen LogP contribution < -0.4 is 5.32 Å². The zero-order valence-corrected chi connectivity index (χ0v) is 15.0. The van der Waals surface area contributed by atoms with Crippen LogP contribution in [-0.4, -0.2) is 35.5 Å². The third kappa shape index (κ3) is 2.17. The summed E-state index contributed by atoms with van der Waals surface area (Å²) in [5.41, 5.74) is 3.75. The minimum atomic E-state index is -0.0172. The Morgan fingerprint density at radius 1 is 1.19 bits per heavy atom. The van der Waals surface area contributed by atoms with E-state index in [0.717, 1.165) is 16.8 Å². The van der Waals surface area contributed by atoms with Crippen LogP contribution in [0.2, 0.25) is 0 Å². The van der Waals surface area contributed by atoms with E-state index in [1.165, 1.54) is 0 Å². The molecule has 0 unspecified atom stereocenters. The molecule has 0 spiro atoms. The van der Waals surface area contributed by atoms with Gasteiger partial charge in [0, 0.05) is 17.9 Å². The van der Waals surface area contributed by atoms with Gasteiger partial charge in [-0.15, -0.1) is 15.3 Å². The number of thiophene rings is 1. The van der Waals surface area contributed by atoms with Crippen molar-refractivity contribution in [2.75, 3.05) is 5.32 Å². The lowest BCUT2D eigenvalue weighted by Gasteiger charge is -2.23. The predicted molar refractivity (Wildman–Crippen MR) is 96.8 cm³/mol. The fraction of sp³-hybridized carbons (Fsp3) is 0.235. The third-order valence-corrected chi connectivity index (χ3v) is 5.37. The molecule has 1 amide bonds. The molecule has 26 heavy (non-hydrogen) atoms. The number of aromatic nitrogens is 6. The zero-order valence-electron chi connectivity index (χ0n) is 14.2. The van der Waals surface area contributed by atoms with Gasteiger partial charge in [-0.05, 0) is 48.4 Å². The van der Waals surface area contributed by atoms with Crippen molar-refractivity contribution in [1.29, 1.82) is 0 Å². The van der Waals surface area contributed by atoms with Crippen molar-refractivity contribution in [2.45, 2.75) is 26.2 Å². The Morgan fingerprint density at radius 2 is 2.08 bits per heavy atom. The van der Waals surface area contributed by atoms with Gasteiger partial charge in [0.05, 0.1) is 5.69 Å². The third-order valence-electron chi connectivity index (χ3n) is 4.67. The van der Waals surface area contributed by atoms with Gasteiger partial charge >= 0.3 is 0 Å². The maximum atomic E-state index is 12.4. The summed E-state index contributed by atoms with van der Waals surface area (Å²) in [6, 6.07) is 5.74. The highest BCUT2D eigenvalue weighted by Crippen LogP contribution is 2.40. The van der Waals surface area contributed by atoms with Crippen LogP contribution in [0.5, 0.6) is 0 Å². The van der Waals surface area contributed by atoms with Gasteiger partial charge in [-0.1, -0.05) is 0 Å². The Bertz CT molecular complexity index is 1140. The number of carbonyl (C=O) groups excluding carboxylic acids is 1. The van der Waals surface area contributed by atoms with Crippen molar-refractivity contribution >= 4 is 28.7 Å². The summed E-state index contributed by atoms with van der Waals surface area (Å²) in [7, 11) is 0. The number of fused-ring (bicyclic) bond motifs is 2. The molecule has 0 saturated heterocycles. The second-order valence-corrected chi connectivity index (χ2v) is 7.11. The molecule has 130 valence electrons. The highest BCUT2D eigenvalue weighted by Gasteiger charge is 2.33. The van der Waals surface area contributed by atoms with Crippen LogP contribution in [0.3, 0.4) is 0 Å². The van der Waals surface area contributed by atoms with Crippen LogP contribution >= 0.6 is 11.3 Å². The number of amides is 1. The molecule has 1 aliphatic heterocycles. The number of anilines is 1. The highest BCUT2D eigenvalue weighted by atomic mass is 32.1. The van der Waals surface area contributed by atoms with Gasteiger partial charge in [-0.2, -0.15) is 25.6 Å². The number of carbonyl (C=O) groups is 1. The van der Waals surface area contributed by atoms with Crippen molar-refractivity contribution in [1.82, 2.24) is 29.6 Å². The summed E-state index contributed by atoms with van der Waals surface area (Å²) >= 11 is 1.63. The van der Waals surface area contributed by atoms with Gasteiger partial charge in [0.15, 0.2) is 17.3 Å². The number of rotatable bonds is 2. The summed E-state index contributed by atoms with van der Waals surface area (Å²) in [4.78, 5) is 12.4. The van der Waals surface area contributed by atoms with Crippen molar-refractivity contribution < 1.29 is 4.79 Å². The molecule has 5 rings (SSSR count). The van der Waals surface area contributed by atoms with E-state index >= 15 is 0 Å². The monoisotopic (exact) mass is 365 g/mol. The van der Waals surface area contributed by atoms with E-state index in [2.05, 4.69) is 37.2 Å². The van der Waals surface area contributed by atoms with E-state index in [-0.39, 0.29) is 11.8 Å². The fourth-order valence-corrected chi connectivity index (χ4v) is 4.18. The van der Waals surface area contributed by atoms with E-state index in [1.54, 1.807) is 20.5 Å². The standard InChI is InChI=1S/C17H15N7OS/c1-9-16-12(11-5-6-26-8-11)7-15(25)18-17(16)24(21-9)14-4-3-13-20-19-10(2)23(13)22-14/h3-6,8,12H,7H2,1-2H3,(H,18,25)/t12-/m1/s1. The Labute approximate surface area is 152 Å². The van der Waals surface area contributed by atoms with Crippen LogP contribution in [0.25, 0.3) is 11.5 Å². The maximum absolute atomic E-state index is 12.4. The van der Waals surface area contributed by atoms with Crippen LogP contribution in [0.1, 0.15) is 35.0 Å². The molecule has 9 heteroatoms. The quantitative estimate of drug-likeness (QED) is 0.589. The first-order chi connectivity index (χ1) is 12.6. The average Bonchev–Trinajstić information content (AvgIpc) is 3.35. The highest BCUT2D eigenvalue weighted by molar-refractivity contribution is 7.08. The molecule has 0 aliphatic carbocycles. The maximum Gasteiger partial charge on any atom is 0.226 e. The molecular weight excluding hydrogens is 350 g/mol. The molecule has 0 radical (unpaired) electrons. The van der Waals surface area contributed by atoms with E-state index in [1.807, 2.05) is 31.4 Å².